The molecule has 0 amide bonds. The zero-order valence-corrected chi connectivity index (χ0v) is 15.0. The van der Waals surface area contributed by atoms with Crippen LogP contribution in [0, 0.1) is 0 Å². The average Bonchev–Trinajstić information content (AvgIpc) is 2.70. The zero-order valence-electron chi connectivity index (χ0n) is 15.0. The molecule has 3 rings (SSSR count). The average molecular weight is 331 g/mol. The van der Waals surface area contributed by atoms with Gasteiger partial charge in [-0.3, -0.25) is 0 Å². The Hall–Kier alpha value is -2.94. The van der Waals surface area contributed by atoms with Gasteiger partial charge in [0, 0.05) is 44.1 Å². The van der Waals surface area contributed by atoms with E-state index >= 15 is 0 Å². The molecule has 3 heteroatoms. The fourth-order valence-electron chi connectivity index (χ4n) is 3.10. The molecular weight excluding hydrogens is 306 g/mol. The Bertz CT molecular complexity index is 677. The standard InChI is InChI=1S/C22H25N3/c1-23-19-10-4-16(5-11-19)22(17-6-12-20(24-2)13-7-17)18-8-14-21(25-3)15-9-18/h4-15,22-25H,1-3H3. The van der Waals surface area contributed by atoms with Gasteiger partial charge in [-0.2, -0.15) is 0 Å². The Kier molecular flexibility index (Phi) is 5.24. The zero-order chi connectivity index (χ0) is 17.6. The molecule has 0 radical (unpaired) electrons. The highest BCUT2D eigenvalue weighted by molar-refractivity contribution is 5.54. The molecule has 128 valence electrons. The van der Waals surface area contributed by atoms with E-state index in [1.54, 1.807) is 0 Å². The van der Waals surface area contributed by atoms with Crippen LogP contribution in [0.1, 0.15) is 22.6 Å². The molecule has 25 heavy (non-hydrogen) atoms. The quantitative estimate of drug-likeness (QED) is 0.557. The number of anilines is 3. The van der Waals surface area contributed by atoms with Gasteiger partial charge in [0.25, 0.3) is 0 Å². The number of benzene rings is 3. The molecule has 0 saturated heterocycles. The first-order valence-electron chi connectivity index (χ1n) is 8.58. The lowest BCUT2D eigenvalue weighted by molar-refractivity contribution is 0.978. The minimum Gasteiger partial charge on any atom is -0.388 e. The van der Waals surface area contributed by atoms with Gasteiger partial charge in [-0.1, -0.05) is 36.4 Å². The molecule has 3 nitrogen and oxygen atoms in total. The summed E-state index contributed by atoms with van der Waals surface area (Å²) in [5.74, 6) is 0.211. The first-order valence-corrected chi connectivity index (χ1v) is 8.58. The number of hydrogen-bond acceptors (Lipinski definition) is 3. The third-order valence-corrected chi connectivity index (χ3v) is 4.60. The molecule has 0 fully saturated rings. The first-order chi connectivity index (χ1) is 12.2. The van der Waals surface area contributed by atoms with Crippen LogP contribution in [-0.4, -0.2) is 21.1 Å². The lowest BCUT2D eigenvalue weighted by Crippen LogP contribution is -2.04. The van der Waals surface area contributed by atoms with Crippen LogP contribution in [0.3, 0.4) is 0 Å². The Morgan fingerprint density at radius 3 is 0.880 bits per heavy atom. The van der Waals surface area contributed by atoms with Gasteiger partial charge in [0.1, 0.15) is 0 Å². The first kappa shape index (κ1) is 16.9. The van der Waals surface area contributed by atoms with E-state index in [1.165, 1.54) is 16.7 Å². The summed E-state index contributed by atoms with van der Waals surface area (Å²) in [5, 5.41) is 9.56. The fraction of sp³-hybridized carbons (Fsp3) is 0.182. The van der Waals surface area contributed by atoms with Gasteiger partial charge in [0.15, 0.2) is 0 Å². The van der Waals surface area contributed by atoms with Gasteiger partial charge in [-0.05, 0) is 53.1 Å². The molecular formula is C22H25N3. The number of hydrogen-bond donors (Lipinski definition) is 3. The molecule has 0 saturated carbocycles. The van der Waals surface area contributed by atoms with Crippen molar-refractivity contribution >= 4 is 17.1 Å². The number of rotatable bonds is 6. The summed E-state index contributed by atoms with van der Waals surface area (Å²) in [5.41, 5.74) is 7.23. The van der Waals surface area contributed by atoms with Gasteiger partial charge in [0.2, 0.25) is 0 Å². The second-order valence-electron chi connectivity index (χ2n) is 6.05. The van der Waals surface area contributed by atoms with Crippen LogP contribution in [-0.2, 0) is 0 Å². The molecule has 0 atom stereocenters. The lowest BCUT2D eigenvalue weighted by atomic mass is 9.85. The highest BCUT2D eigenvalue weighted by Crippen LogP contribution is 2.33. The largest absolute Gasteiger partial charge is 0.388 e. The van der Waals surface area contributed by atoms with Crippen LogP contribution in [0.15, 0.2) is 72.8 Å². The van der Waals surface area contributed by atoms with Crippen LogP contribution >= 0.6 is 0 Å². The van der Waals surface area contributed by atoms with Crippen molar-refractivity contribution in [2.45, 2.75) is 5.92 Å². The molecule has 0 aromatic heterocycles. The van der Waals surface area contributed by atoms with Crippen molar-refractivity contribution in [3.05, 3.63) is 89.5 Å². The van der Waals surface area contributed by atoms with E-state index in [-0.39, 0.29) is 5.92 Å². The third-order valence-electron chi connectivity index (χ3n) is 4.60. The van der Waals surface area contributed by atoms with E-state index in [9.17, 15) is 0 Å². The molecule has 0 aliphatic heterocycles. The van der Waals surface area contributed by atoms with Crippen molar-refractivity contribution in [1.29, 1.82) is 0 Å². The topological polar surface area (TPSA) is 36.1 Å². The maximum absolute atomic E-state index is 3.19. The van der Waals surface area contributed by atoms with Gasteiger partial charge in [-0.15, -0.1) is 0 Å². The molecule has 3 aromatic rings. The summed E-state index contributed by atoms with van der Waals surface area (Å²) in [4.78, 5) is 0. The Morgan fingerprint density at radius 2 is 0.680 bits per heavy atom. The minimum atomic E-state index is 0.211. The van der Waals surface area contributed by atoms with E-state index in [2.05, 4.69) is 88.7 Å². The van der Waals surface area contributed by atoms with Crippen LogP contribution in [0.5, 0.6) is 0 Å². The summed E-state index contributed by atoms with van der Waals surface area (Å²) in [6, 6.07) is 26.0. The Balaban J connectivity index is 2.04. The van der Waals surface area contributed by atoms with E-state index in [0.717, 1.165) is 17.1 Å². The van der Waals surface area contributed by atoms with E-state index in [4.69, 9.17) is 0 Å². The highest BCUT2D eigenvalue weighted by Gasteiger charge is 2.16. The number of nitrogens with one attached hydrogen (secondary N) is 3. The van der Waals surface area contributed by atoms with Gasteiger partial charge < -0.3 is 16.0 Å². The maximum atomic E-state index is 3.19. The van der Waals surface area contributed by atoms with E-state index in [0.29, 0.717) is 0 Å². The Labute approximate surface area is 150 Å². The summed E-state index contributed by atoms with van der Waals surface area (Å²) >= 11 is 0. The van der Waals surface area contributed by atoms with E-state index < -0.39 is 0 Å². The van der Waals surface area contributed by atoms with Crippen molar-refractivity contribution in [2.75, 3.05) is 37.1 Å². The second kappa shape index (κ2) is 7.75. The van der Waals surface area contributed by atoms with Crippen molar-refractivity contribution in [3.8, 4) is 0 Å². The molecule has 0 heterocycles. The third kappa shape index (κ3) is 3.77. The van der Waals surface area contributed by atoms with Crippen LogP contribution in [0.4, 0.5) is 17.1 Å². The minimum absolute atomic E-state index is 0.211. The fourth-order valence-corrected chi connectivity index (χ4v) is 3.10. The molecule has 0 bridgehead atoms. The van der Waals surface area contributed by atoms with E-state index in [1.807, 2.05) is 21.1 Å². The second-order valence-corrected chi connectivity index (χ2v) is 6.05. The summed E-state index contributed by atoms with van der Waals surface area (Å²) in [7, 11) is 5.83. The summed E-state index contributed by atoms with van der Waals surface area (Å²) in [6.07, 6.45) is 0. The van der Waals surface area contributed by atoms with Crippen molar-refractivity contribution < 1.29 is 0 Å². The maximum Gasteiger partial charge on any atom is 0.0340 e. The van der Waals surface area contributed by atoms with Crippen molar-refractivity contribution in [3.63, 3.8) is 0 Å². The van der Waals surface area contributed by atoms with Gasteiger partial charge >= 0.3 is 0 Å². The smallest absolute Gasteiger partial charge is 0.0340 e. The predicted octanol–water partition coefficient (Wildman–Crippen LogP) is 4.99. The van der Waals surface area contributed by atoms with Crippen molar-refractivity contribution in [1.82, 2.24) is 0 Å². The monoisotopic (exact) mass is 331 g/mol. The Morgan fingerprint density at radius 1 is 0.440 bits per heavy atom. The normalized spacial score (nSPS) is 10.6. The van der Waals surface area contributed by atoms with Gasteiger partial charge in [-0.25, -0.2) is 0 Å². The van der Waals surface area contributed by atoms with Gasteiger partial charge in [0.05, 0.1) is 0 Å². The van der Waals surface area contributed by atoms with Crippen LogP contribution in [0.2, 0.25) is 0 Å². The molecule has 3 N–H and O–H groups in total. The SMILES string of the molecule is CNc1ccc(C(c2ccc(NC)cc2)c2ccc(NC)cc2)cc1. The van der Waals surface area contributed by atoms with Crippen molar-refractivity contribution in [2.24, 2.45) is 0 Å². The molecule has 0 aliphatic carbocycles. The molecule has 0 unspecified atom stereocenters. The molecule has 0 aliphatic rings. The molecule has 3 aromatic carbocycles. The van der Waals surface area contributed by atoms with Crippen LogP contribution < -0.4 is 16.0 Å². The molecule has 0 spiro atoms. The summed E-state index contributed by atoms with van der Waals surface area (Å²) in [6.45, 7) is 0. The highest BCUT2D eigenvalue weighted by atomic mass is 14.8. The van der Waals surface area contributed by atoms with Crippen LogP contribution in [0.25, 0.3) is 0 Å². The predicted molar refractivity (Wildman–Crippen MR) is 109 cm³/mol. The lowest BCUT2D eigenvalue weighted by Gasteiger charge is -2.20. The summed E-state index contributed by atoms with van der Waals surface area (Å²) < 4.78 is 0.